The number of rotatable bonds is 0. The van der Waals surface area contributed by atoms with Crippen LogP contribution in [0.1, 0.15) is 18.1 Å². The normalized spacial score (nSPS) is 19.3. The minimum Gasteiger partial charge on any atom is -0.374 e. The summed E-state index contributed by atoms with van der Waals surface area (Å²) in [4.78, 5) is 0. The molecule has 0 N–H and O–H groups in total. The summed E-state index contributed by atoms with van der Waals surface area (Å²) in [6.07, 6.45) is 0.123. The summed E-state index contributed by atoms with van der Waals surface area (Å²) in [5, 5.41) is 0. The molecule has 1 aliphatic heterocycles. The second kappa shape index (κ2) is 5.55. The Kier molecular flexibility index (Phi) is 3.62. The molecule has 0 aliphatic carbocycles. The first-order valence-corrected chi connectivity index (χ1v) is 6.70. The van der Waals surface area contributed by atoms with Crippen molar-refractivity contribution in [2.75, 3.05) is 6.61 Å². The molecule has 0 radical (unpaired) electrons. The van der Waals surface area contributed by atoms with E-state index in [2.05, 4.69) is 55.5 Å². The molecular weight excluding hydrogens is 236 g/mol. The lowest BCUT2D eigenvalue weighted by Crippen LogP contribution is -2.17. The number of benzene rings is 2. The summed E-state index contributed by atoms with van der Waals surface area (Å²) >= 11 is 0. The van der Waals surface area contributed by atoms with Crippen LogP contribution in [0.2, 0.25) is 0 Å². The topological polar surface area (TPSA) is 18.5 Å². The van der Waals surface area contributed by atoms with Crippen molar-refractivity contribution >= 4 is 0 Å². The van der Waals surface area contributed by atoms with Crippen LogP contribution in [0.15, 0.2) is 48.5 Å². The third-order valence-electron chi connectivity index (χ3n) is 3.46. The third kappa shape index (κ3) is 2.70. The van der Waals surface area contributed by atoms with Crippen LogP contribution in [-0.4, -0.2) is 12.7 Å². The maximum absolute atomic E-state index is 5.83. The van der Waals surface area contributed by atoms with Gasteiger partial charge in [0.05, 0.1) is 25.9 Å². The van der Waals surface area contributed by atoms with Gasteiger partial charge in [-0.1, -0.05) is 48.5 Å². The van der Waals surface area contributed by atoms with E-state index in [0.717, 1.165) is 0 Å². The summed E-state index contributed by atoms with van der Waals surface area (Å²) < 4.78 is 11.6. The van der Waals surface area contributed by atoms with Gasteiger partial charge in [0.2, 0.25) is 0 Å². The maximum atomic E-state index is 5.83. The molecule has 1 aliphatic rings. The molecule has 1 heterocycles. The van der Waals surface area contributed by atoms with E-state index < -0.39 is 0 Å². The highest BCUT2D eigenvalue weighted by molar-refractivity contribution is 5.70. The van der Waals surface area contributed by atoms with Gasteiger partial charge in [-0.25, -0.2) is 0 Å². The fourth-order valence-corrected chi connectivity index (χ4v) is 2.43. The molecule has 2 aromatic rings. The van der Waals surface area contributed by atoms with Crippen molar-refractivity contribution in [3.05, 3.63) is 59.7 Å². The van der Waals surface area contributed by atoms with E-state index in [0.29, 0.717) is 19.8 Å². The highest BCUT2D eigenvalue weighted by Crippen LogP contribution is 2.29. The zero-order chi connectivity index (χ0) is 13.1. The van der Waals surface area contributed by atoms with Gasteiger partial charge in [0.1, 0.15) is 0 Å². The van der Waals surface area contributed by atoms with Crippen LogP contribution in [0, 0.1) is 0 Å². The monoisotopic (exact) mass is 254 g/mol. The molecule has 0 bridgehead atoms. The number of hydrogen-bond donors (Lipinski definition) is 0. The van der Waals surface area contributed by atoms with Gasteiger partial charge in [-0.15, -0.1) is 0 Å². The van der Waals surface area contributed by atoms with Gasteiger partial charge in [-0.2, -0.15) is 0 Å². The zero-order valence-corrected chi connectivity index (χ0v) is 11.1. The fourth-order valence-electron chi connectivity index (χ4n) is 2.43. The molecule has 1 atom stereocenters. The van der Waals surface area contributed by atoms with Gasteiger partial charge in [0, 0.05) is 0 Å². The predicted molar refractivity (Wildman–Crippen MR) is 75.8 cm³/mol. The first-order chi connectivity index (χ1) is 9.34. The molecule has 0 aromatic heterocycles. The Morgan fingerprint density at radius 2 is 1.42 bits per heavy atom. The van der Waals surface area contributed by atoms with Crippen LogP contribution in [0.4, 0.5) is 0 Å². The molecule has 3 rings (SSSR count). The molecule has 0 fully saturated rings. The molecule has 0 amide bonds. The van der Waals surface area contributed by atoms with Crippen molar-refractivity contribution in [3.8, 4) is 11.1 Å². The minimum atomic E-state index is 0.123. The van der Waals surface area contributed by atoms with Crippen LogP contribution in [-0.2, 0) is 22.7 Å². The molecule has 2 aromatic carbocycles. The molecule has 0 saturated carbocycles. The second-order valence-corrected chi connectivity index (χ2v) is 4.95. The van der Waals surface area contributed by atoms with E-state index in [1.807, 2.05) is 0 Å². The number of fused-ring (bicyclic) bond motifs is 3. The van der Waals surface area contributed by atoms with E-state index in [1.165, 1.54) is 22.3 Å². The van der Waals surface area contributed by atoms with Crippen molar-refractivity contribution < 1.29 is 9.47 Å². The van der Waals surface area contributed by atoms with E-state index in [9.17, 15) is 0 Å². The first kappa shape index (κ1) is 12.4. The van der Waals surface area contributed by atoms with Crippen molar-refractivity contribution in [2.45, 2.75) is 26.2 Å². The standard InChI is InChI=1S/C17H18O2/c1-13-10-18-11-14-6-2-4-8-16(14)17-9-5-3-7-15(17)12-19-13/h2-9,13H,10-12H2,1H3/t13-/m1/s1. The summed E-state index contributed by atoms with van der Waals surface area (Å²) in [5.41, 5.74) is 4.97. The van der Waals surface area contributed by atoms with E-state index in [1.54, 1.807) is 0 Å². The van der Waals surface area contributed by atoms with E-state index >= 15 is 0 Å². The molecule has 2 heteroatoms. The molecule has 2 nitrogen and oxygen atoms in total. The van der Waals surface area contributed by atoms with Crippen molar-refractivity contribution in [2.24, 2.45) is 0 Å². The smallest absolute Gasteiger partial charge is 0.0785 e. The molecular formula is C17H18O2. The average Bonchev–Trinajstić information content (AvgIpc) is 2.46. The van der Waals surface area contributed by atoms with Gasteiger partial charge >= 0.3 is 0 Å². The van der Waals surface area contributed by atoms with Gasteiger partial charge < -0.3 is 9.47 Å². The van der Waals surface area contributed by atoms with Crippen LogP contribution in [0.3, 0.4) is 0 Å². The quantitative estimate of drug-likeness (QED) is 0.712. The highest BCUT2D eigenvalue weighted by Gasteiger charge is 2.13. The molecule has 0 unspecified atom stereocenters. The van der Waals surface area contributed by atoms with E-state index in [-0.39, 0.29) is 6.10 Å². The van der Waals surface area contributed by atoms with Crippen LogP contribution in [0.25, 0.3) is 11.1 Å². The molecule has 98 valence electrons. The second-order valence-electron chi connectivity index (χ2n) is 4.95. The maximum Gasteiger partial charge on any atom is 0.0785 e. The molecule has 0 spiro atoms. The lowest BCUT2D eigenvalue weighted by molar-refractivity contribution is -0.0202. The van der Waals surface area contributed by atoms with Gasteiger partial charge in [0.25, 0.3) is 0 Å². The Balaban J connectivity index is 2.09. The van der Waals surface area contributed by atoms with Gasteiger partial charge in [0.15, 0.2) is 0 Å². The van der Waals surface area contributed by atoms with Crippen molar-refractivity contribution in [1.29, 1.82) is 0 Å². The van der Waals surface area contributed by atoms with Crippen LogP contribution >= 0.6 is 0 Å². The average molecular weight is 254 g/mol. The Labute approximate surface area is 114 Å². The first-order valence-electron chi connectivity index (χ1n) is 6.70. The summed E-state index contributed by atoms with van der Waals surface area (Å²) in [5.74, 6) is 0. The molecule has 19 heavy (non-hydrogen) atoms. The van der Waals surface area contributed by atoms with Crippen molar-refractivity contribution in [3.63, 3.8) is 0 Å². The van der Waals surface area contributed by atoms with Crippen LogP contribution in [0.5, 0.6) is 0 Å². The largest absolute Gasteiger partial charge is 0.374 e. The Hall–Kier alpha value is -1.64. The van der Waals surface area contributed by atoms with Gasteiger partial charge in [-0.05, 0) is 29.2 Å². The van der Waals surface area contributed by atoms with Crippen molar-refractivity contribution in [1.82, 2.24) is 0 Å². The zero-order valence-electron chi connectivity index (χ0n) is 11.1. The predicted octanol–water partition coefficient (Wildman–Crippen LogP) is 3.79. The number of ether oxygens (including phenoxy) is 2. The Bertz CT molecular complexity index is 563. The Morgan fingerprint density at radius 3 is 2.11 bits per heavy atom. The lowest BCUT2D eigenvalue weighted by atomic mass is 9.96. The lowest BCUT2D eigenvalue weighted by Gasteiger charge is -2.20. The van der Waals surface area contributed by atoms with Crippen LogP contribution < -0.4 is 0 Å². The Morgan fingerprint density at radius 1 is 0.842 bits per heavy atom. The van der Waals surface area contributed by atoms with Gasteiger partial charge in [-0.3, -0.25) is 0 Å². The highest BCUT2D eigenvalue weighted by atomic mass is 16.5. The summed E-state index contributed by atoms with van der Waals surface area (Å²) in [6.45, 7) is 3.96. The fraction of sp³-hybridized carbons (Fsp3) is 0.294. The summed E-state index contributed by atoms with van der Waals surface area (Å²) in [7, 11) is 0. The van der Waals surface area contributed by atoms with E-state index in [4.69, 9.17) is 9.47 Å². The minimum absolute atomic E-state index is 0.123. The molecule has 0 saturated heterocycles. The summed E-state index contributed by atoms with van der Waals surface area (Å²) in [6, 6.07) is 16.9. The number of hydrogen-bond acceptors (Lipinski definition) is 2. The SMILES string of the molecule is C[C@@H]1COCc2ccccc2-c2ccccc2CO1. The third-order valence-corrected chi connectivity index (χ3v) is 3.46.